The van der Waals surface area contributed by atoms with Gasteiger partial charge in [-0.25, -0.2) is 0 Å². The maximum Gasteiger partial charge on any atom is 0.305 e. The van der Waals surface area contributed by atoms with Crippen molar-refractivity contribution < 1.29 is 19.1 Å². The summed E-state index contributed by atoms with van der Waals surface area (Å²) < 4.78 is 9.06. The number of esters is 2. The first-order valence-corrected chi connectivity index (χ1v) is 3.25. The van der Waals surface area contributed by atoms with Gasteiger partial charge in [0.15, 0.2) is 0 Å². The van der Waals surface area contributed by atoms with Gasteiger partial charge in [-0.3, -0.25) is 9.59 Å². The van der Waals surface area contributed by atoms with Crippen LogP contribution in [-0.2, 0) is 19.1 Å². The number of hydrogen-bond donors (Lipinski definition) is 0. The van der Waals surface area contributed by atoms with E-state index in [4.69, 9.17) is 0 Å². The Morgan fingerprint density at radius 1 is 1.27 bits per heavy atom. The number of carbonyl (C=O) groups is 2. The van der Waals surface area contributed by atoms with Gasteiger partial charge in [0, 0.05) is 13.3 Å². The Balaban J connectivity index is 3.14. The molecule has 0 aromatic carbocycles. The monoisotopic (exact) mass is 159 g/mol. The zero-order chi connectivity index (χ0) is 8.69. The van der Waals surface area contributed by atoms with Gasteiger partial charge in [0.1, 0.15) is 13.2 Å². The van der Waals surface area contributed by atoms with Crippen LogP contribution in [0.25, 0.3) is 0 Å². The molecule has 0 aliphatic carbocycles. The van der Waals surface area contributed by atoms with E-state index < -0.39 is 5.97 Å². The minimum atomic E-state index is -0.392. The first-order chi connectivity index (χ1) is 5.16. The first-order valence-electron chi connectivity index (χ1n) is 3.25. The lowest BCUT2D eigenvalue weighted by atomic mass is 10.5. The van der Waals surface area contributed by atoms with Crippen LogP contribution >= 0.6 is 0 Å². The topological polar surface area (TPSA) is 52.6 Å². The molecule has 0 aliphatic rings. The largest absolute Gasteiger partial charge is 0.462 e. The molecular formula is C7H11O4. The molecule has 4 nitrogen and oxygen atoms in total. The molecule has 0 bridgehead atoms. The van der Waals surface area contributed by atoms with Gasteiger partial charge in [0.05, 0.1) is 0 Å². The number of carbonyl (C=O) groups excluding carboxylic acids is 2. The second-order valence-electron chi connectivity index (χ2n) is 1.81. The smallest absolute Gasteiger partial charge is 0.305 e. The van der Waals surface area contributed by atoms with Gasteiger partial charge in [-0.2, -0.15) is 0 Å². The Morgan fingerprint density at radius 3 is 2.27 bits per heavy atom. The Morgan fingerprint density at radius 2 is 1.82 bits per heavy atom. The molecule has 63 valence electrons. The fraction of sp³-hybridized carbons (Fsp3) is 0.571. The molecule has 0 heterocycles. The molecule has 0 rings (SSSR count). The average molecular weight is 159 g/mol. The van der Waals surface area contributed by atoms with Crippen molar-refractivity contribution in [2.45, 2.75) is 13.3 Å². The summed E-state index contributed by atoms with van der Waals surface area (Å²) in [6.07, 6.45) is 0.0973. The lowest BCUT2D eigenvalue weighted by Gasteiger charge is -2.02. The summed E-state index contributed by atoms with van der Waals surface area (Å²) in [6, 6.07) is 0. The number of rotatable bonds is 4. The summed E-state index contributed by atoms with van der Waals surface area (Å²) in [5.41, 5.74) is 0. The minimum absolute atomic E-state index is 0.0973. The highest BCUT2D eigenvalue weighted by molar-refractivity contribution is 5.69. The van der Waals surface area contributed by atoms with Crippen LogP contribution in [0.15, 0.2) is 0 Å². The predicted molar refractivity (Wildman–Crippen MR) is 37.6 cm³/mol. The van der Waals surface area contributed by atoms with Crippen LogP contribution < -0.4 is 0 Å². The second kappa shape index (κ2) is 5.70. The first kappa shape index (κ1) is 9.94. The van der Waals surface area contributed by atoms with Crippen molar-refractivity contribution in [2.75, 3.05) is 13.2 Å². The summed E-state index contributed by atoms with van der Waals surface area (Å²) in [5.74, 6) is -0.771. The molecule has 0 aliphatic heterocycles. The van der Waals surface area contributed by atoms with Gasteiger partial charge in [-0.05, 0) is 6.92 Å². The molecular weight excluding hydrogens is 148 g/mol. The molecule has 0 atom stereocenters. The van der Waals surface area contributed by atoms with E-state index in [1.165, 1.54) is 6.92 Å². The van der Waals surface area contributed by atoms with Gasteiger partial charge in [-0.15, -0.1) is 0 Å². The lowest BCUT2D eigenvalue weighted by molar-refractivity contribution is -0.150. The molecule has 0 fully saturated rings. The molecule has 0 aromatic rings. The van der Waals surface area contributed by atoms with E-state index in [1.807, 2.05) is 0 Å². The van der Waals surface area contributed by atoms with Gasteiger partial charge >= 0.3 is 11.9 Å². The quantitative estimate of drug-likeness (QED) is 0.437. The van der Waals surface area contributed by atoms with Crippen molar-refractivity contribution >= 4 is 11.9 Å². The molecule has 0 amide bonds. The van der Waals surface area contributed by atoms with Crippen molar-refractivity contribution in [3.8, 4) is 0 Å². The zero-order valence-corrected chi connectivity index (χ0v) is 6.46. The molecule has 1 radical (unpaired) electrons. The van der Waals surface area contributed by atoms with Crippen LogP contribution in [0.4, 0.5) is 0 Å². The highest BCUT2D eigenvalue weighted by Crippen LogP contribution is 1.84. The third-order valence-corrected chi connectivity index (χ3v) is 0.856. The zero-order valence-electron chi connectivity index (χ0n) is 6.46. The summed E-state index contributed by atoms with van der Waals surface area (Å²) in [4.78, 5) is 20.6. The standard InChI is InChI=1S/C7H11O4/c1-3-7(9)11-5-4-10-6(2)8/h1,3-5H2,2H3. The third kappa shape index (κ3) is 6.83. The molecule has 0 unspecified atom stereocenters. The van der Waals surface area contributed by atoms with Crippen LogP contribution in [0.5, 0.6) is 0 Å². The maximum atomic E-state index is 10.4. The molecule has 0 saturated carbocycles. The van der Waals surface area contributed by atoms with Crippen molar-refractivity contribution in [1.29, 1.82) is 0 Å². The minimum Gasteiger partial charge on any atom is -0.462 e. The lowest BCUT2D eigenvalue weighted by Crippen LogP contribution is -2.11. The molecule has 0 aromatic heterocycles. The summed E-state index contributed by atoms with van der Waals surface area (Å²) in [6.45, 7) is 4.83. The highest BCUT2D eigenvalue weighted by atomic mass is 16.6. The summed E-state index contributed by atoms with van der Waals surface area (Å²) in [5, 5.41) is 0. The second-order valence-corrected chi connectivity index (χ2v) is 1.81. The fourth-order valence-corrected chi connectivity index (χ4v) is 0.413. The van der Waals surface area contributed by atoms with Crippen molar-refractivity contribution in [3.63, 3.8) is 0 Å². The normalized spacial score (nSPS) is 8.91. The summed E-state index contributed by atoms with van der Waals surface area (Å²) in [7, 11) is 0. The van der Waals surface area contributed by atoms with Crippen LogP contribution in [0, 0.1) is 6.92 Å². The molecule has 4 heteroatoms. The fourth-order valence-electron chi connectivity index (χ4n) is 0.413. The predicted octanol–water partition coefficient (Wildman–Crippen LogP) is 0.317. The SMILES string of the molecule is [CH2]CC(=O)OCCOC(C)=O. The van der Waals surface area contributed by atoms with Crippen molar-refractivity contribution in [2.24, 2.45) is 0 Å². The van der Waals surface area contributed by atoms with Crippen LogP contribution in [0.3, 0.4) is 0 Å². The Labute approximate surface area is 65.5 Å². The molecule has 11 heavy (non-hydrogen) atoms. The Bertz CT molecular complexity index is 141. The van der Waals surface area contributed by atoms with Gasteiger partial charge < -0.3 is 9.47 Å². The third-order valence-electron chi connectivity index (χ3n) is 0.856. The van der Waals surface area contributed by atoms with Crippen molar-refractivity contribution in [3.05, 3.63) is 6.92 Å². The number of hydrogen-bond acceptors (Lipinski definition) is 4. The Kier molecular flexibility index (Phi) is 5.15. The molecule has 0 spiro atoms. The van der Waals surface area contributed by atoms with E-state index >= 15 is 0 Å². The van der Waals surface area contributed by atoms with Gasteiger partial charge in [0.2, 0.25) is 0 Å². The van der Waals surface area contributed by atoms with Gasteiger partial charge in [0.25, 0.3) is 0 Å². The van der Waals surface area contributed by atoms with E-state index in [9.17, 15) is 9.59 Å². The number of ether oxygens (including phenoxy) is 2. The summed E-state index contributed by atoms with van der Waals surface area (Å²) >= 11 is 0. The molecule has 0 saturated heterocycles. The van der Waals surface area contributed by atoms with E-state index in [0.717, 1.165) is 0 Å². The maximum absolute atomic E-state index is 10.4. The van der Waals surface area contributed by atoms with Crippen LogP contribution in [-0.4, -0.2) is 25.2 Å². The van der Waals surface area contributed by atoms with E-state index in [1.54, 1.807) is 0 Å². The van der Waals surface area contributed by atoms with Crippen LogP contribution in [0.1, 0.15) is 13.3 Å². The van der Waals surface area contributed by atoms with E-state index in [2.05, 4.69) is 16.4 Å². The van der Waals surface area contributed by atoms with Crippen LogP contribution in [0.2, 0.25) is 0 Å². The Hall–Kier alpha value is -1.06. The highest BCUT2D eigenvalue weighted by Gasteiger charge is 1.97. The van der Waals surface area contributed by atoms with Gasteiger partial charge in [-0.1, -0.05) is 0 Å². The van der Waals surface area contributed by atoms with E-state index in [-0.39, 0.29) is 25.6 Å². The molecule has 0 N–H and O–H groups in total. The average Bonchev–Trinajstić information content (AvgIpc) is 1.97. The van der Waals surface area contributed by atoms with Crippen molar-refractivity contribution in [1.82, 2.24) is 0 Å². The van der Waals surface area contributed by atoms with E-state index in [0.29, 0.717) is 0 Å².